The van der Waals surface area contributed by atoms with E-state index in [0.29, 0.717) is 0 Å². The number of allylic oxidation sites excluding steroid dienone is 1. The van der Waals surface area contributed by atoms with E-state index in [9.17, 15) is 14.0 Å². The summed E-state index contributed by atoms with van der Waals surface area (Å²) in [4.78, 5) is 23.5. The monoisotopic (exact) mass is 320 g/mol. The standard InChI is InChI=1S/C18H21FO4/c1-4-22-16(20)14(19)10-13-15(18(13,2)3)17(21)23-11-12-8-6-5-7-9-12/h5-10,13,15H,4,11H2,1-3H3/b14-10-/t13-,15-/m0/s1. The van der Waals surface area contributed by atoms with Crippen LogP contribution in [0.25, 0.3) is 0 Å². The molecule has 2 atom stereocenters. The van der Waals surface area contributed by atoms with E-state index in [2.05, 4.69) is 4.74 Å². The molecule has 0 bridgehead atoms. The van der Waals surface area contributed by atoms with Crippen molar-refractivity contribution in [2.45, 2.75) is 27.4 Å². The predicted molar refractivity (Wildman–Crippen MR) is 82.8 cm³/mol. The van der Waals surface area contributed by atoms with Crippen LogP contribution < -0.4 is 0 Å². The van der Waals surface area contributed by atoms with Gasteiger partial charge in [-0.15, -0.1) is 0 Å². The number of hydrogen-bond acceptors (Lipinski definition) is 4. The summed E-state index contributed by atoms with van der Waals surface area (Å²) in [6.07, 6.45) is 1.17. The van der Waals surface area contributed by atoms with Crippen molar-refractivity contribution in [3.63, 3.8) is 0 Å². The normalized spacial score (nSPS) is 22.3. The number of carbonyl (C=O) groups excluding carboxylic acids is 2. The summed E-state index contributed by atoms with van der Waals surface area (Å²) in [5.74, 6) is -3.15. The van der Waals surface area contributed by atoms with E-state index < -0.39 is 23.1 Å². The highest BCUT2D eigenvalue weighted by Crippen LogP contribution is 2.60. The van der Waals surface area contributed by atoms with E-state index in [1.165, 1.54) is 6.08 Å². The van der Waals surface area contributed by atoms with Crippen molar-refractivity contribution in [3.05, 3.63) is 47.8 Å². The molecule has 1 saturated carbocycles. The van der Waals surface area contributed by atoms with Gasteiger partial charge in [0.1, 0.15) is 6.61 Å². The van der Waals surface area contributed by atoms with Crippen LogP contribution in [0.3, 0.4) is 0 Å². The van der Waals surface area contributed by atoms with Gasteiger partial charge in [-0.05, 0) is 29.9 Å². The fraction of sp³-hybridized carbons (Fsp3) is 0.444. The van der Waals surface area contributed by atoms with E-state index >= 15 is 0 Å². The van der Waals surface area contributed by atoms with Crippen LogP contribution in [0.1, 0.15) is 26.3 Å². The zero-order valence-electron chi connectivity index (χ0n) is 13.5. The molecule has 0 amide bonds. The maximum atomic E-state index is 13.7. The van der Waals surface area contributed by atoms with Gasteiger partial charge in [-0.25, -0.2) is 4.79 Å². The molecule has 5 heteroatoms. The van der Waals surface area contributed by atoms with Gasteiger partial charge in [-0.1, -0.05) is 44.2 Å². The Labute approximate surface area is 135 Å². The van der Waals surface area contributed by atoms with Crippen LogP contribution in [0, 0.1) is 17.3 Å². The summed E-state index contributed by atoms with van der Waals surface area (Å²) >= 11 is 0. The van der Waals surface area contributed by atoms with Gasteiger partial charge >= 0.3 is 11.9 Å². The smallest absolute Gasteiger partial charge is 0.366 e. The summed E-state index contributed by atoms with van der Waals surface area (Å²) < 4.78 is 23.6. The van der Waals surface area contributed by atoms with Crippen LogP contribution in [-0.4, -0.2) is 18.5 Å². The number of halogens is 1. The molecule has 1 aromatic rings. The van der Waals surface area contributed by atoms with Crippen molar-refractivity contribution >= 4 is 11.9 Å². The molecule has 0 spiro atoms. The van der Waals surface area contributed by atoms with Crippen molar-refractivity contribution in [1.29, 1.82) is 0 Å². The Balaban J connectivity index is 1.96. The largest absolute Gasteiger partial charge is 0.461 e. The van der Waals surface area contributed by atoms with Crippen molar-refractivity contribution in [1.82, 2.24) is 0 Å². The number of esters is 2. The van der Waals surface area contributed by atoms with E-state index in [0.717, 1.165) is 5.56 Å². The maximum Gasteiger partial charge on any atom is 0.366 e. The third-order valence-electron chi connectivity index (χ3n) is 4.18. The first kappa shape index (κ1) is 17.2. The van der Waals surface area contributed by atoms with Gasteiger partial charge in [-0.3, -0.25) is 4.79 Å². The molecule has 0 unspecified atom stereocenters. The van der Waals surface area contributed by atoms with Crippen LogP contribution in [0.4, 0.5) is 4.39 Å². The van der Waals surface area contributed by atoms with Crippen molar-refractivity contribution in [2.24, 2.45) is 17.3 Å². The molecule has 0 radical (unpaired) electrons. The lowest BCUT2D eigenvalue weighted by Crippen LogP contribution is -2.10. The third kappa shape index (κ3) is 3.97. The number of hydrogen-bond donors (Lipinski definition) is 0. The molecule has 1 aliphatic rings. The molecule has 1 fully saturated rings. The SMILES string of the molecule is CCOC(=O)/C(F)=C/[C@H]1[C@@H](C(=O)OCc2ccccc2)C1(C)C. The maximum absolute atomic E-state index is 13.7. The molecular formula is C18H21FO4. The molecule has 0 aromatic heterocycles. The van der Waals surface area contributed by atoms with Gasteiger partial charge in [0.25, 0.3) is 0 Å². The molecule has 0 N–H and O–H groups in total. The number of rotatable bonds is 6. The minimum Gasteiger partial charge on any atom is -0.461 e. The molecule has 124 valence electrons. The summed E-state index contributed by atoms with van der Waals surface area (Å²) in [7, 11) is 0. The average molecular weight is 320 g/mol. The first-order valence-electron chi connectivity index (χ1n) is 7.63. The van der Waals surface area contributed by atoms with Crippen LogP contribution in [0.15, 0.2) is 42.2 Å². The second-order valence-corrected chi connectivity index (χ2v) is 6.15. The van der Waals surface area contributed by atoms with Crippen molar-refractivity contribution < 1.29 is 23.5 Å². The second kappa shape index (κ2) is 6.94. The molecule has 23 heavy (non-hydrogen) atoms. The predicted octanol–water partition coefficient (Wildman–Crippen LogP) is 3.42. The van der Waals surface area contributed by atoms with Crippen LogP contribution in [0.2, 0.25) is 0 Å². The minimum atomic E-state index is -0.994. The van der Waals surface area contributed by atoms with Gasteiger partial charge in [0.2, 0.25) is 5.83 Å². The first-order chi connectivity index (χ1) is 10.9. The molecule has 1 aliphatic carbocycles. The Hall–Kier alpha value is -2.17. The molecular weight excluding hydrogens is 299 g/mol. The fourth-order valence-electron chi connectivity index (χ4n) is 2.68. The minimum absolute atomic E-state index is 0.108. The highest BCUT2D eigenvalue weighted by Gasteiger charge is 2.62. The molecule has 4 nitrogen and oxygen atoms in total. The zero-order valence-corrected chi connectivity index (χ0v) is 13.5. The topological polar surface area (TPSA) is 52.6 Å². The first-order valence-corrected chi connectivity index (χ1v) is 7.63. The Morgan fingerprint density at radius 2 is 1.87 bits per heavy atom. The lowest BCUT2D eigenvalue weighted by molar-refractivity contribution is -0.147. The number of benzene rings is 1. The van der Waals surface area contributed by atoms with Crippen molar-refractivity contribution in [2.75, 3.05) is 6.61 Å². The van der Waals surface area contributed by atoms with E-state index in [-0.39, 0.29) is 25.1 Å². The lowest BCUT2D eigenvalue weighted by Gasteiger charge is -2.05. The number of ether oxygens (including phenoxy) is 2. The highest BCUT2D eigenvalue weighted by atomic mass is 19.1. The molecule has 2 rings (SSSR count). The molecule has 0 saturated heterocycles. The Morgan fingerprint density at radius 3 is 2.48 bits per heavy atom. The van der Waals surface area contributed by atoms with E-state index in [4.69, 9.17) is 4.74 Å². The third-order valence-corrected chi connectivity index (χ3v) is 4.18. The van der Waals surface area contributed by atoms with Crippen LogP contribution in [-0.2, 0) is 25.7 Å². The average Bonchev–Trinajstić information content (AvgIpc) is 3.06. The second-order valence-electron chi connectivity index (χ2n) is 6.15. The fourth-order valence-corrected chi connectivity index (χ4v) is 2.68. The van der Waals surface area contributed by atoms with Gasteiger partial charge in [0.15, 0.2) is 0 Å². The Morgan fingerprint density at radius 1 is 1.22 bits per heavy atom. The highest BCUT2D eigenvalue weighted by molar-refractivity contribution is 5.86. The van der Waals surface area contributed by atoms with Gasteiger partial charge in [0, 0.05) is 0 Å². The zero-order chi connectivity index (χ0) is 17.0. The Kier molecular flexibility index (Phi) is 5.19. The Bertz CT molecular complexity index is 607. The quantitative estimate of drug-likeness (QED) is 0.595. The molecule has 1 aromatic carbocycles. The van der Waals surface area contributed by atoms with Crippen molar-refractivity contribution in [3.8, 4) is 0 Å². The summed E-state index contributed by atoms with van der Waals surface area (Å²) in [5, 5.41) is 0. The summed E-state index contributed by atoms with van der Waals surface area (Å²) in [5.41, 5.74) is 0.460. The van der Waals surface area contributed by atoms with Gasteiger partial charge in [-0.2, -0.15) is 4.39 Å². The molecule has 0 aliphatic heterocycles. The van der Waals surface area contributed by atoms with E-state index in [1.54, 1.807) is 6.92 Å². The van der Waals surface area contributed by atoms with Gasteiger partial charge < -0.3 is 9.47 Å². The molecule has 0 heterocycles. The number of carbonyl (C=O) groups is 2. The summed E-state index contributed by atoms with van der Waals surface area (Å²) in [6.45, 7) is 5.60. The lowest BCUT2D eigenvalue weighted by atomic mass is 10.1. The van der Waals surface area contributed by atoms with Gasteiger partial charge in [0.05, 0.1) is 12.5 Å². The van der Waals surface area contributed by atoms with Crippen LogP contribution >= 0.6 is 0 Å². The van der Waals surface area contributed by atoms with Crippen LogP contribution in [0.5, 0.6) is 0 Å². The van der Waals surface area contributed by atoms with E-state index in [1.807, 2.05) is 44.2 Å². The summed E-state index contributed by atoms with van der Waals surface area (Å²) in [6, 6.07) is 9.34.